The van der Waals surface area contributed by atoms with E-state index in [0.29, 0.717) is 17.1 Å². The van der Waals surface area contributed by atoms with E-state index >= 15 is 0 Å². The zero-order valence-electron chi connectivity index (χ0n) is 14.7. The number of hydrogen-bond donors (Lipinski definition) is 2. The standard InChI is InChI=1S/C22H15ClN4O/c23-16-3-1-2-13(8-16)9-21(28)20-11-15-10-17-19(12-18(15)25-20)26-27-22(17)14-4-6-24-7-5-14/h1-8,10-12,25H,9H2,(H,26,27). The van der Waals surface area contributed by atoms with Crippen LogP contribution in [0, 0.1) is 0 Å². The number of carbonyl (C=O) groups excluding carboxylic acids is 1. The van der Waals surface area contributed by atoms with Gasteiger partial charge in [-0.25, -0.2) is 0 Å². The molecule has 0 aliphatic rings. The Morgan fingerprint density at radius 1 is 1.00 bits per heavy atom. The highest BCUT2D eigenvalue weighted by Crippen LogP contribution is 2.30. The molecule has 28 heavy (non-hydrogen) atoms. The molecule has 0 saturated carbocycles. The van der Waals surface area contributed by atoms with Crippen LogP contribution in [0.4, 0.5) is 0 Å². The quantitative estimate of drug-likeness (QED) is 0.417. The van der Waals surface area contributed by atoms with Crippen LogP contribution in [0.5, 0.6) is 0 Å². The van der Waals surface area contributed by atoms with E-state index in [9.17, 15) is 4.79 Å². The van der Waals surface area contributed by atoms with Gasteiger partial charge in [0.05, 0.1) is 11.2 Å². The Morgan fingerprint density at radius 3 is 2.68 bits per heavy atom. The predicted octanol–water partition coefficient (Wildman–Crippen LogP) is 5.19. The number of fused-ring (bicyclic) bond motifs is 2. The van der Waals surface area contributed by atoms with Gasteiger partial charge >= 0.3 is 0 Å². The van der Waals surface area contributed by atoms with Crippen molar-refractivity contribution in [2.75, 3.05) is 0 Å². The molecular weight excluding hydrogens is 372 g/mol. The van der Waals surface area contributed by atoms with Crippen LogP contribution < -0.4 is 0 Å². The fourth-order valence-corrected chi connectivity index (χ4v) is 3.67. The van der Waals surface area contributed by atoms with Gasteiger partial charge in [0.25, 0.3) is 0 Å². The molecule has 0 spiro atoms. The summed E-state index contributed by atoms with van der Waals surface area (Å²) in [5.41, 5.74) is 5.15. The summed E-state index contributed by atoms with van der Waals surface area (Å²) < 4.78 is 0. The molecule has 0 amide bonds. The molecule has 5 rings (SSSR count). The Hall–Kier alpha value is -3.44. The maximum atomic E-state index is 12.7. The highest BCUT2D eigenvalue weighted by Gasteiger charge is 2.14. The zero-order valence-corrected chi connectivity index (χ0v) is 15.5. The second-order valence-corrected chi connectivity index (χ2v) is 7.14. The molecule has 0 aliphatic carbocycles. The third-order valence-electron chi connectivity index (χ3n) is 4.81. The first-order valence-electron chi connectivity index (χ1n) is 8.86. The van der Waals surface area contributed by atoms with Crippen LogP contribution in [0.25, 0.3) is 33.1 Å². The molecule has 0 atom stereocenters. The van der Waals surface area contributed by atoms with Gasteiger partial charge in [-0.15, -0.1) is 0 Å². The largest absolute Gasteiger partial charge is 0.352 e. The van der Waals surface area contributed by atoms with E-state index in [0.717, 1.165) is 38.6 Å². The predicted molar refractivity (Wildman–Crippen MR) is 111 cm³/mol. The van der Waals surface area contributed by atoms with Gasteiger partial charge in [-0.05, 0) is 48.0 Å². The van der Waals surface area contributed by atoms with Crippen molar-refractivity contribution in [2.24, 2.45) is 0 Å². The lowest BCUT2D eigenvalue weighted by Gasteiger charge is -2.00. The summed E-state index contributed by atoms with van der Waals surface area (Å²) in [4.78, 5) is 20.0. The van der Waals surface area contributed by atoms with Crippen LogP contribution in [0.15, 0.2) is 67.0 Å². The number of nitrogens with zero attached hydrogens (tertiary/aromatic N) is 2. The average Bonchev–Trinajstić information content (AvgIpc) is 3.30. The minimum atomic E-state index is 0.0228. The third kappa shape index (κ3) is 2.96. The van der Waals surface area contributed by atoms with Gasteiger partial charge in [0.1, 0.15) is 5.69 Å². The van der Waals surface area contributed by atoms with Crippen LogP contribution in [-0.2, 0) is 6.42 Å². The summed E-state index contributed by atoms with van der Waals surface area (Å²) in [6, 6.07) is 17.2. The fourth-order valence-electron chi connectivity index (χ4n) is 3.45. The summed E-state index contributed by atoms with van der Waals surface area (Å²) in [5.74, 6) is 0.0228. The smallest absolute Gasteiger partial charge is 0.183 e. The third-order valence-corrected chi connectivity index (χ3v) is 5.05. The number of pyridine rings is 1. The Morgan fingerprint density at radius 2 is 1.86 bits per heavy atom. The van der Waals surface area contributed by atoms with Crippen molar-refractivity contribution in [1.82, 2.24) is 20.2 Å². The maximum absolute atomic E-state index is 12.7. The first-order chi connectivity index (χ1) is 13.7. The molecule has 0 aliphatic heterocycles. The average molecular weight is 387 g/mol. The summed E-state index contributed by atoms with van der Waals surface area (Å²) in [6.45, 7) is 0. The van der Waals surface area contributed by atoms with Crippen molar-refractivity contribution in [3.05, 3.63) is 83.3 Å². The van der Waals surface area contributed by atoms with Crippen LogP contribution >= 0.6 is 11.6 Å². The molecule has 5 nitrogen and oxygen atoms in total. The Kier molecular flexibility index (Phi) is 3.95. The molecule has 0 unspecified atom stereocenters. The summed E-state index contributed by atoms with van der Waals surface area (Å²) >= 11 is 6.02. The molecule has 5 aromatic rings. The number of carbonyl (C=O) groups is 1. The molecule has 0 radical (unpaired) electrons. The lowest BCUT2D eigenvalue weighted by atomic mass is 10.1. The van der Waals surface area contributed by atoms with Crippen LogP contribution in [0.3, 0.4) is 0 Å². The molecule has 6 heteroatoms. The Balaban J connectivity index is 1.53. The van der Waals surface area contributed by atoms with Crippen molar-refractivity contribution >= 4 is 39.2 Å². The lowest BCUT2D eigenvalue weighted by molar-refractivity contribution is 0.0989. The number of halogens is 1. The van der Waals surface area contributed by atoms with E-state index < -0.39 is 0 Å². The summed E-state index contributed by atoms with van der Waals surface area (Å²) in [5, 5.41) is 10.1. The number of H-pyrrole nitrogens is 2. The van der Waals surface area contributed by atoms with Gasteiger partial charge in [0.15, 0.2) is 5.78 Å². The number of aromatic amines is 2. The molecule has 2 N–H and O–H groups in total. The first-order valence-corrected chi connectivity index (χ1v) is 9.24. The van der Waals surface area contributed by atoms with E-state index in [2.05, 4.69) is 26.2 Å². The number of ketones is 1. The first kappa shape index (κ1) is 16.7. The van der Waals surface area contributed by atoms with Gasteiger partial charge in [-0.1, -0.05) is 23.7 Å². The number of Topliss-reactive ketones (excluding diaryl/α,β-unsaturated/α-hetero) is 1. The van der Waals surface area contributed by atoms with Gasteiger partial charge in [-0.2, -0.15) is 5.10 Å². The molecule has 136 valence electrons. The highest BCUT2D eigenvalue weighted by molar-refractivity contribution is 6.30. The van der Waals surface area contributed by atoms with Crippen LogP contribution in [0.1, 0.15) is 16.1 Å². The number of benzene rings is 2. The number of hydrogen-bond acceptors (Lipinski definition) is 3. The van der Waals surface area contributed by atoms with Crippen molar-refractivity contribution in [3.63, 3.8) is 0 Å². The topological polar surface area (TPSA) is 74.4 Å². The van der Waals surface area contributed by atoms with E-state index in [1.807, 2.05) is 42.5 Å². The van der Waals surface area contributed by atoms with Gasteiger partial charge in [0.2, 0.25) is 0 Å². The maximum Gasteiger partial charge on any atom is 0.183 e. The molecule has 0 bridgehead atoms. The van der Waals surface area contributed by atoms with E-state index in [-0.39, 0.29) is 5.78 Å². The number of rotatable bonds is 4. The zero-order chi connectivity index (χ0) is 19.1. The molecule has 0 saturated heterocycles. The van der Waals surface area contributed by atoms with E-state index in [1.54, 1.807) is 18.5 Å². The fraction of sp³-hybridized carbons (Fsp3) is 0.0455. The normalized spacial score (nSPS) is 11.3. The monoisotopic (exact) mass is 386 g/mol. The van der Waals surface area contributed by atoms with Crippen molar-refractivity contribution in [2.45, 2.75) is 6.42 Å². The molecule has 0 fully saturated rings. The van der Waals surface area contributed by atoms with E-state index in [4.69, 9.17) is 11.6 Å². The van der Waals surface area contributed by atoms with Crippen LogP contribution in [0.2, 0.25) is 5.02 Å². The number of aromatic nitrogens is 4. The molecular formula is C22H15ClN4O. The minimum Gasteiger partial charge on any atom is -0.352 e. The summed E-state index contributed by atoms with van der Waals surface area (Å²) in [7, 11) is 0. The second kappa shape index (κ2) is 6.62. The highest BCUT2D eigenvalue weighted by atomic mass is 35.5. The molecule has 3 heterocycles. The van der Waals surface area contributed by atoms with Crippen molar-refractivity contribution in [1.29, 1.82) is 0 Å². The van der Waals surface area contributed by atoms with E-state index in [1.165, 1.54) is 0 Å². The van der Waals surface area contributed by atoms with Crippen molar-refractivity contribution in [3.8, 4) is 11.3 Å². The molecule has 3 aromatic heterocycles. The van der Waals surface area contributed by atoms with Gasteiger partial charge in [-0.3, -0.25) is 14.9 Å². The number of nitrogens with one attached hydrogen (secondary N) is 2. The van der Waals surface area contributed by atoms with Crippen LogP contribution in [-0.4, -0.2) is 25.9 Å². The van der Waals surface area contributed by atoms with Crippen molar-refractivity contribution < 1.29 is 4.79 Å². The van der Waals surface area contributed by atoms with Gasteiger partial charge in [0, 0.05) is 45.7 Å². The SMILES string of the molecule is O=C(Cc1cccc(Cl)c1)c1cc2cc3c(-c4ccncc4)n[nH]c3cc2[nH]1. The second-order valence-electron chi connectivity index (χ2n) is 6.71. The minimum absolute atomic E-state index is 0.0228. The lowest BCUT2D eigenvalue weighted by Crippen LogP contribution is -2.03. The summed E-state index contributed by atoms with van der Waals surface area (Å²) in [6.07, 6.45) is 3.80. The Labute approximate surface area is 165 Å². The Bertz CT molecular complexity index is 1320. The molecule has 2 aromatic carbocycles. The van der Waals surface area contributed by atoms with Gasteiger partial charge < -0.3 is 4.98 Å².